The Hall–Kier alpha value is -3.40. The average Bonchev–Trinajstić information content (AvgIpc) is 3.31. The molecule has 0 spiro atoms. The zero-order valence-corrected chi connectivity index (χ0v) is 20.5. The normalized spacial score (nSPS) is 13.9. The van der Waals surface area contributed by atoms with Gasteiger partial charge in [-0.25, -0.2) is 4.98 Å². The molecule has 1 saturated heterocycles. The summed E-state index contributed by atoms with van der Waals surface area (Å²) >= 11 is 7.33. The molecule has 0 saturated carbocycles. The van der Waals surface area contributed by atoms with Gasteiger partial charge < -0.3 is 19.1 Å². The highest BCUT2D eigenvalue weighted by atomic mass is 35.5. The molecule has 2 aromatic carbocycles. The fraction of sp³-hybridized carbons (Fsp3) is 0.240. The number of morpholine rings is 1. The number of rotatable bonds is 7. The number of hydrogen-bond acceptors (Lipinski definition) is 7. The van der Waals surface area contributed by atoms with Crippen LogP contribution >= 0.6 is 22.9 Å². The van der Waals surface area contributed by atoms with Crippen LogP contribution in [0.1, 0.15) is 0 Å². The van der Waals surface area contributed by atoms with Crippen molar-refractivity contribution in [3.05, 3.63) is 70.1 Å². The van der Waals surface area contributed by atoms with Crippen molar-refractivity contribution in [2.45, 2.75) is 0 Å². The molecule has 4 aromatic rings. The number of halogens is 1. The van der Waals surface area contributed by atoms with E-state index in [2.05, 4.69) is 4.98 Å². The molecule has 10 heteroatoms. The lowest BCUT2D eigenvalue weighted by molar-refractivity contribution is -0.143. The van der Waals surface area contributed by atoms with Crippen LogP contribution in [0, 0.1) is 0 Å². The zero-order valence-electron chi connectivity index (χ0n) is 18.9. The molecular formula is C25H22ClN3O5S. The summed E-state index contributed by atoms with van der Waals surface area (Å²) in [7, 11) is 1.55. The number of pyridine rings is 1. The van der Waals surface area contributed by atoms with Crippen molar-refractivity contribution in [2.75, 3.05) is 40.0 Å². The van der Waals surface area contributed by atoms with E-state index >= 15 is 0 Å². The summed E-state index contributed by atoms with van der Waals surface area (Å²) in [5.41, 5.74) is 2.03. The maximum atomic E-state index is 13.3. The lowest BCUT2D eigenvalue weighted by Crippen LogP contribution is -2.43. The van der Waals surface area contributed by atoms with E-state index in [0.717, 1.165) is 10.6 Å². The minimum absolute atomic E-state index is 0.0424. The van der Waals surface area contributed by atoms with E-state index in [9.17, 15) is 9.59 Å². The van der Waals surface area contributed by atoms with E-state index in [1.54, 1.807) is 53.1 Å². The molecule has 0 aliphatic carbocycles. The first-order valence-electron chi connectivity index (χ1n) is 11.0. The first kappa shape index (κ1) is 23.3. The Labute approximate surface area is 210 Å². The summed E-state index contributed by atoms with van der Waals surface area (Å²) in [4.78, 5) is 31.5. The molecule has 0 radical (unpaired) electrons. The predicted octanol–water partition coefficient (Wildman–Crippen LogP) is 4.01. The maximum Gasteiger partial charge on any atom is 0.274 e. The molecule has 0 N–H and O–H groups in total. The molecule has 0 atom stereocenters. The molecular weight excluding hydrogens is 490 g/mol. The molecule has 35 heavy (non-hydrogen) atoms. The number of hydrogen-bond donors (Lipinski definition) is 0. The Balaban J connectivity index is 1.38. The first-order valence-corrected chi connectivity index (χ1v) is 12.2. The third-order valence-electron chi connectivity index (χ3n) is 5.67. The number of nitrogens with zero attached hydrogens (tertiary/aromatic N) is 3. The summed E-state index contributed by atoms with van der Waals surface area (Å²) in [6, 6.07) is 14.5. The highest BCUT2D eigenvalue weighted by molar-refractivity contribution is 7.21. The first-order chi connectivity index (χ1) is 17.0. The van der Waals surface area contributed by atoms with Gasteiger partial charge in [-0.3, -0.25) is 14.2 Å². The van der Waals surface area contributed by atoms with Gasteiger partial charge in [0.2, 0.25) is 5.91 Å². The Morgan fingerprint density at radius 3 is 2.71 bits per heavy atom. The molecule has 1 aliphatic heterocycles. The summed E-state index contributed by atoms with van der Waals surface area (Å²) < 4.78 is 18.6. The highest BCUT2D eigenvalue weighted by Gasteiger charge is 2.19. The molecule has 3 heterocycles. The van der Waals surface area contributed by atoms with E-state index in [1.165, 1.54) is 11.3 Å². The number of benzene rings is 2. The van der Waals surface area contributed by atoms with Gasteiger partial charge in [-0.15, -0.1) is 11.3 Å². The highest BCUT2D eigenvalue weighted by Crippen LogP contribution is 2.31. The second-order valence-corrected chi connectivity index (χ2v) is 9.28. The monoisotopic (exact) mass is 511 g/mol. The van der Waals surface area contributed by atoms with Gasteiger partial charge in [-0.05, 0) is 30.3 Å². The standard InChI is InChI=1S/C25H22ClN3O5S/c1-32-21-14-18(6-7-20(21)34-13-11-28-10-12-33-15-22(28)30)29-9-8-19-23(25(29)31)35-24(27-19)16-2-4-17(26)5-3-16/h2-9,14H,10-13,15H2,1H3. The molecule has 1 aliphatic rings. The van der Waals surface area contributed by atoms with Crippen LogP contribution in [-0.4, -0.2) is 60.4 Å². The number of ether oxygens (including phenoxy) is 3. The Morgan fingerprint density at radius 2 is 1.94 bits per heavy atom. The van der Waals surface area contributed by atoms with Crippen LogP contribution in [0.3, 0.4) is 0 Å². The molecule has 0 unspecified atom stereocenters. The van der Waals surface area contributed by atoms with Crippen molar-refractivity contribution in [1.29, 1.82) is 0 Å². The molecule has 180 valence electrons. The molecule has 0 bridgehead atoms. The van der Waals surface area contributed by atoms with E-state index in [-0.39, 0.29) is 18.1 Å². The van der Waals surface area contributed by atoms with Crippen LogP contribution in [-0.2, 0) is 9.53 Å². The zero-order chi connectivity index (χ0) is 24.4. The largest absolute Gasteiger partial charge is 0.493 e. The fourth-order valence-corrected chi connectivity index (χ4v) is 4.94. The molecule has 2 aromatic heterocycles. The Morgan fingerprint density at radius 1 is 1.11 bits per heavy atom. The lowest BCUT2D eigenvalue weighted by atomic mass is 10.2. The third-order valence-corrected chi connectivity index (χ3v) is 7.03. The van der Waals surface area contributed by atoms with Gasteiger partial charge in [-0.1, -0.05) is 23.7 Å². The molecule has 1 fully saturated rings. The van der Waals surface area contributed by atoms with Gasteiger partial charge in [0, 0.05) is 29.4 Å². The van der Waals surface area contributed by atoms with E-state index in [1.807, 2.05) is 18.2 Å². The van der Waals surface area contributed by atoms with Crippen LogP contribution in [0.5, 0.6) is 11.5 Å². The molecule has 1 amide bonds. The smallest absolute Gasteiger partial charge is 0.274 e. The summed E-state index contributed by atoms with van der Waals surface area (Å²) in [6.45, 7) is 1.98. The Bertz CT molecular complexity index is 1430. The van der Waals surface area contributed by atoms with Gasteiger partial charge in [0.25, 0.3) is 5.56 Å². The van der Waals surface area contributed by atoms with Gasteiger partial charge in [-0.2, -0.15) is 0 Å². The number of fused-ring (bicyclic) bond motifs is 1. The average molecular weight is 512 g/mol. The number of methoxy groups -OCH3 is 1. The fourth-order valence-electron chi connectivity index (χ4n) is 3.82. The predicted molar refractivity (Wildman–Crippen MR) is 135 cm³/mol. The topological polar surface area (TPSA) is 82.9 Å². The van der Waals surface area contributed by atoms with Crippen molar-refractivity contribution in [3.8, 4) is 27.8 Å². The van der Waals surface area contributed by atoms with Crippen LogP contribution in [0.25, 0.3) is 26.5 Å². The van der Waals surface area contributed by atoms with Gasteiger partial charge >= 0.3 is 0 Å². The number of aromatic nitrogens is 2. The number of thiazole rings is 1. The van der Waals surface area contributed by atoms with Crippen molar-refractivity contribution in [2.24, 2.45) is 0 Å². The second-order valence-electron chi connectivity index (χ2n) is 7.85. The van der Waals surface area contributed by atoms with Crippen molar-refractivity contribution in [3.63, 3.8) is 0 Å². The van der Waals surface area contributed by atoms with E-state index < -0.39 is 0 Å². The van der Waals surface area contributed by atoms with E-state index in [0.29, 0.717) is 58.7 Å². The van der Waals surface area contributed by atoms with Crippen LogP contribution in [0.15, 0.2) is 59.5 Å². The van der Waals surface area contributed by atoms with Crippen molar-refractivity contribution < 1.29 is 19.0 Å². The molecule has 5 rings (SSSR count). The quantitative estimate of drug-likeness (QED) is 0.373. The third kappa shape index (κ3) is 4.88. The van der Waals surface area contributed by atoms with Crippen LogP contribution < -0.4 is 15.0 Å². The van der Waals surface area contributed by atoms with Gasteiger partial charge in [0.05, 0.1) is 31.5 Å². The lowest BCUT2D eigenvalue weighted by Gasteiger charge is -2.26. The van der Waals surface area contributed by atoms with Crippen molar-refractivity contribution >= 4 is 39.1 Å². The summed E-state index contributed by atoms with van der Waals surface area (Å²) in [5.74, 6) is 0.988. The minimum atomic E-state index is -0.165. The minimum Gasteiger partial charge on any atom is -0.493 e. The van der Waals surface area contributed by atoms with Crippen molar-refractivity contribution in [1.82, 2.24) is 14.5 Å². The second kappa shape index (κ2) is 10.1. The number of carbonyl (C=O) groups excluding carboxylic acids is 1. The summed E-state index contributed by atoms with van der Waals surface area (Å²) in [6.07, 6.45) is 1.70. The summed E-state index contributed by atoms with van der Waals surface area (Å²) in [5, 5.41) is 1.40. The SMILES string of the molecule is COc1cc(-n2ccc3nc(-c4ccc(Cl)cc4)sc3c2=O)ccc1OCCN1CCOCC1=O. The maximum absolute atomic E-state index is 13.3. The van der Waals surface area contributed by atoms with Crippen LogP contribution in [0.2, 0.25) is 5.02 Å². The van der Waals surface area contributed by atoms with Gasteiger partial charge in [0.1, 0.15) is 22.9 Å². The molecule has 8 nitrogen and oxygen atoms in total. The number of amides is 1. The van der Waals surface area contributed by atoms with Gasteiger partial charge in [0.15, 0.2) is 11.5 Å². The van der Waals surface area contributed by atoms with Crippen LogP contribution in [0.4, 0.5) is 0 Å². The Kier molecular flexibility index (Phi) is 6.72. The van der Waals surface area contributed by atoms with E-state index in [4.69, 9.17) is 25.8 Å². The number of carbonyl (C=O) groups is 1.